The van der Waals surface area contributed by atoms with E-state index < -0.39 is 5.97 Å². The van der Waals surface area contributed by atoms with Gasteiger partial charge in [0.05, 0.1) is 17.5 Å². The molecule has 0 aliphatic carbocycles. The number of amides is 2. The third-order valence-corrected chi connectivity index (χ3v) is 4.69. The summed E-state index contributed by atoms with van der Waals surface area (Å²) in [5, 5.41) is 0. The van der Waals surface area contributed by atoms with Gasteiger partial charge < -0.3 is 9.47 Å². The highest BCUT2D eigenvalue weighted by Gasteiger charge is 2.35. The van der Waals surface area contributed by atoms with Gasteiger partial charge in [-0.2, -0.15) is 0 Å². The highest BCUT2D eigenvalue weighted by molar-refractivity contribution is 6.21. The van der Waals surface area contributed by atoms with Crippen LogP contribution in [0.25, 0.3) is 0 Å². The van der Waals surface area contributed by atoms with Crippen molar-refractivity contribution in [1.29, 1.82) is 0 Å². The van der Waals surface area contributed by atoms with Crippen LogP contribution in [0.2, 0.25) is 0 Å². The summed E-state index contributed by atoms with van der Waals surface area (Å²) in [6.45, 7) is 0.0648. The molecule has 0 aromatic heterocycles. The second-order valence-electron chi connectivity index (χ2n) is 6.78. The fourth-order valence-corrected chi connectivity index (χ4v) is 3.20. The van der Waals surface area contributed by atoms with Gasteiger partial charge in [0.15, 0.2) is 0 Å². The average molecular weight is 401 g/mol. The Morgan fingerprint density at radius 2 is 1.40 bits per heavy atom. The van der Waals surface area contributed by atoms with Gasteiger partial charge in [-0.3, -0.25) is 19.3 Å². The first-order valence-corrected chi connectivity index (χ1v) is 9.54. The SMILES string of the molecule is O=C(CCN1C(=O)c2ccccc2C1=O)OCc1cccc(Oc2ccccc2)c1. The smallest absolute Gasteiger partial charge is 0.307 e. The summed E-state index contributed by atoms with van der Waals surface area (Å²) in [6.07, 6.45) is -0.0638. The quantitative estimate of drug-likeness (QED) is 0.438. The Morgan fingerprint density at radius 3 is 2.10 bits per heavy atom. The van der Waals surface area contributed by atoms with E-state index >= 15 is 0 Å². The number of esters is 1. The van der Waals surface area contributed by atoms with Gasteiger partial charge in [0.25, 0.3) is 11.8 Å². The monoisotopic (exact) mass is 401 g/mol. The maximum absolute atomic E-state index is 12.3. The average Bonchev–Trinajstić information content (AvgIpc) is 3.02. The summed E-state index contributed by atoms with van der Waals surface area (Å²) < 4.78 is 11.1. The molecule has 0 N–H and O–H groups in total. The van der Waals surface area contributed by atoms with Crippen LogP contribution in [0.5, 0.6) is 11.5 Å². The normalized spacial score (nSPS) is 12.6. The maximum Gasteiger partial charge on any atom is 0.307 e. The third-order valence-electron chi connectivity index (χ3n) is 4.69. The number of carbonyl (C=O) groups excluding carboxylic acids is 3. The number of rotatable bonds is 7. The molecule has 0 radical (unpaired) electrons. The van der Waals surface area contributed by atoms with E-state index in [9.17, 15) is 14.4 Å². The molecule has 4 rings (SSSR count). The highest BCUT2D eigenvalue weighted by atomic mass is 16.5. The molecule has 150 valence electrons. The summed E-state index contributed by atoms with van der Waals surface area (Å²) in [4.78, 5) is 37.9. The molecular formula is C24H19NO5. The van der Waals surface area contributed by atoms with Gasteiger partial charge in [0.1, 0.15) is 18.1 Å². The number of ether oxygens (including phenoxy) is 2. The van der Waals surface area contributed by atoms with Gasteiger partial charge in [0, 0.05) is 6.54 Å². The Morgan fingerprint density at radius 1 is 0.767 bits per heavy atom. The van der Waals surface area contributed by atoms with Crippen LogP contribution in [0, 0.1) is 0 Å². The van der Waals surface area contributed by atoms with Crippen molar-refractivity contribution in [2.75, 3.05) is 6.54 Å². The van der Waals surface area contributed by atoms with Crippen molar-refractivity contribution in [1.82, 2.24) is 4.90 Å². The molecule has 0 bridgehead atoms. The van der Waals surface area contributed by atoms with E-state index in [-0.39, 0.29) is 31.4 Å². The standard InChI is InChI=1S/C24H19NO5/c26-22(13-14-25-23(27)20-11-4-5-12-21(20)24(25)28)29-16-17-7-6-10-19(15-17)30-18-8-2-1-3-9-18/h1-12,15H,13-14,16H2. The lowest BCUT2D eigenvalue weighted by Crippen LogP contribution is -2.32. The second-order valence-corrected chi connectivity index (χ2v) is 6.78. The molecule has 0 spiro atoms. The number of nitrogens with zero attached hydrogens (tertiary/aromatic N) is 1. The Bertz CT molecular complexity index is 1060. The molecule has 6 heteroatoms. The van der Waals surface area contributed by atoms with Gasteiger partial charge in [-0.15, -0.1) is 0 Å². The Balaban J connectivity index is 1.29. The zero-order chi connectivity index (χ0) is 20.9. The largest absolute Gasteiger partial charge is 0.461 e. The van der Waals surface area contributed by atoms with Gasteiger partial charge in [-0.25, -0.2) is 0 Å². The third kappa shape index (κ3) is 4.22. The zero-order valence-corrected chi connectivity index (χ0v) is 16.1. The molecule has 3 aromatic rings. The van der Waals surface area contributed by atoms with Crippen molar-refractivity contribution in [3.05, 3.63) is 95.6 Å². The van der Waals surface area contributed by atoms with Crippen molar-refractivity contribution >= 4 is 17.8 Å². The molecule has 1 aliphatic heterocycles. The van der Waals surface area contributed by atoms with E-state index in [4.69, 9.17) is 9.47 Å². The van der Waals surface area contributed by atoms with Crippen molar-refractivity contribution in [2.24, 2.45) is 0 Å². The predicted molar refractivity (Wildman–Crippen MR) is 109 cm³/mol. The van der Waals surface area contributed by atoms with E-state index in [1.165, 1.54) is 0 Å². The van der Waals surface area contributed by atoms with E-state index in [0.717, 1.165) is 10.5 Å². The number of hydrogen-bond donors (Lipinski definition) is 0. The summed E-state index contributed by atoms with van der Waals surface area (Å²) in [6, 6.07) is 23.3. The molecule has 0 unspecified atom stereocenters. The fraction of sp³-hybridized carbons (Fsp3) is 0.125. The molecule has 30 heavy (non-hydrogen) atoms. The van der Waals surface area contributed by atoms with Crippen molar-refractivity contribution < 1.29 is 23.9 Å². The van der Waals surface area contributed by atoms with E-state index in [1.54, 1.807) is 30.3 Å². The van der Waals surface area contributed by atoms with Crippen molar-refractivity contribution in [3.63, 3.8) is 0 Å². The van der Waals surface area contributed by atoms with Crippen LogP contribution < -0.4 is 4.74 Å². The number of benzene rings is 3. The lowest BCUT2D eigenvalue weighted by Gasteiger charge is -2.13. The van der Waals surface area contributed by atoms with Crippen LogP contribution in [0.15, 0.2) is 78.9 Å². The van der Waals surface area contributed by atoms with Crippen LogP contribution in [-0.2, 0) is 16.1 Å². The fourth-order valence-electron chi connectivity index (χ4n) is 3.20. The lowest BCUT2D eigenvalue weighted by molar-refractivity contribution is -0.145. The van der Waals surface area contributed by atoms with E-state index in [2.05, 4.69) is 0 Å². The highest BCUT2D eigenvalue weighted by Crippen LogP contribution is 2.23. The predicted octanol–water partition coefficient (Wildman–Crippen LogP) is 4.21. The van der Waals surface area contributed by atoms with E-state index in [1.807, 2.05) is 48.5 Å². The topological polar surface area (TPSA) is 72.9 Å². The van der Waals surface area contributed by atoms with Gasteiger partial charge >= 0.3 is 5.97 Å². The summed E-state index contributed by atoms with van der Waals surface area (Å²) >= 11 is 0. The number of fused-ring (bicyclic) bond motifs is 1. The molecule has 1 heterocycles. The van der Waals surface area contributed by atoms with Crippen molar-refractivity contribution in [2.45, 2.75) is 13.0 Å². The molecule has 0 fully saturated rings. The van der Waals surface area contributed by atoms with Crippen LogP contribution in [-0.4, -0.2) is 29.2 Å². The molecule has 0 atom stereocenters. The maximum atomic E-state index is 12.3. The number of hydrogen-bond acceptors (Lipinski definition) is 5. The van der Waals surface area contributed by atoms with Gasteiger partial charge in [-0.1, -0.05) is 42.5 Å². The first-order valence-electron chi connectivity index (χ1n) is 9.54. The first-order chi connectivity index (χ1) is 14.6. The lowest BCUT2D eigenvalue weighted by atomic mass is 10.1. The molecule has 0 saturated carbocycles. The minimum absolute atomic E-state index is 0.0116. The number of carbonyl (C=O) groups is 3. The van der Waals surface area contributed by atoms with Gasteiger partial charge in [-0.05, 0) is 42.0 Å². The summed E-state index contributed by atoms with van der Waals surface area (Å²) in [7, 11) is 0. The molecule has 0 saturated heterocycles. The Labute approximate surface area is 173 Å². The summed E-state index contributed by atoms with van der Waals surface area (Å²) in [5.74, 6) is 0.109. The minimum Gasteiger partial charge on any atom is -0.461 e. The van der Waals surface area contributed by atoms with Crippen LogP contribution in [0.3, 0.4) is 0 Å². The van der Waals surface area contributed by atoms with Gasteiger partial charge in [0.2, 0.25) is 0 Å². The zero-order valence-electron chi connectivity index (χ0n) is 16.1. The Hall–Kier alpha value is -3.93. The molecule has 1 aliphatic rings. The Kier molecular flexibility index (Phi) is 5.57. The molecule has 2 amide bonds. The van der Waals surface area contributed by atoms with Crippen molar-refractivity contribution in [3.8, 4) is 11.5 Å². The molecular weight excluding hydrogens is 382 g/mol. The van der Waals surface area contributed by atoms with E-state index in [0.29, 0.717) is 22.6 Å². The first kappa shape index (κ1) is 19.4. The van der Waals surface area contributed by atoms with Crippen LogP contribution >= 0.6 is 0 Å². The number of imide groups is 1. The van der Waals surface area contributed by atoms with Crippen LogP contribution in [0.4, 0.5) is 0 Å². The summed E-state index contributed by atoms with van der Waals surface area (Å²) in [5.41, 5.74) is 1.51. The minimum atomic E-state index is -0.485. The van der Waals surface area contributed by atoms with Crippen LogP contribution in [0.1, 0.15) is 32.7 Å². The second kappa shape index (κ2) is 8.61. The molecule has 6 nitrogen and oxygen atoms in total. The molecule has 3 aromatic carbocycles. The number of para-hydroxylation sites is 1.